The van der Waals surface area contributed by atoms with Crippen molar-refractivity contribution in [2.45, 2.75) is 6.18 Å². The maximum Gasteiger partial charge on any atom is 0.451 e. The molecular formula is C10H8F3N5O2. The molecule has 0 unspecified atom stereocenters. The number of nitrogens with zero attached hydrogens (tertiary/aromatic N) is 4. The van der Waals surface area contributed by atoms with Crippen LogP contribution in [-0.2, 0) is 11.0 Å². The summed E-state index contributed by atoms with van der Waals surface area (Å²) in [6.45, 7) is 0. The van der Waals surface area contributed by atoms with Gasteiger partial charge in [0, 0.05) is 18.7 Å². The standard InChI is InChI=1S/C10H8F3N5O2/c1-14-9-17-8(10(11,12)13)16-7-5(2-3-6(19)20)4-15-18(7)9/h2-4H,1H3,(H,19,20)(H,14,16,17). The molecule has 10 heteroatoms. The van der Waals surface area contributed by atoms with Crippen molar-refractivity contribution in [1.82, 2.24) is 19.6 Å². The van der Waals surface area contributed by atoms with E-state index in [0.29, 0.717) is 0 Å². The molecule has 20 heavy (non-hydrogen) atoms. The van der Waals surface area contributed by atoms with Gasteiger partial charge in [-0.05, 0) is 6.08 Å². The first-order chi connectivity index (χ1) is 9.32. The molecular weight excluding hydrogens is 279 g/mol. The first-order valence-corrected chi connectivity index (χ1v) is 5.24. The van der Waals surface area contributed by atoms with Crippen molar-refractivity contribution in [3.05, 3.63) is 23.7 Å². The van der Waals surface area contributed by atoms with Gasteiger partial charge < -0.3 is 10.4 Å². The average molecular weight is 287 g/mol. The summed E-state index contributed by atoms with van der Waals surface area (Å²) in [5, 5.41) is 14.8. The maximum atomic E-state index is 12.7. The Morgan fingerprint density at radius 2 is 2.15 bits per heavy atom. The quantitative estimate of drug-likeness (QED) is 0.826. The summed E-state index contributed by atoms with van der Waals surface area (Å²) in [7, 11) is 1.39. The zero-order valence-corrected chi connectivity index (χ0v) is 10.0. The van der Waals surface area contributed by atoms with Gasteiger partial charge in [-0.15, -0.1) is 0 Å². The van der Waals surface area contributed by atoms with Gasteiger partial charge in [-0.2, -0.15) is 27.8 Å². The molecule has 0 radical (unpaired) electrons. The monoisotopic (exact) mass is 287 g/mol. The summed E-state index contributed by atoms with van der Waals surface area (Å²) in [5.41, 5.74) is -0.00836. The molecule has 0 aromatic carbocycles. The van der Waals surface area contributed by atoms with Crippen molar-refractivity contribution in [1.29, 1.82) is 0 Å². The molecule has 2 N–H and O–H groups in total. The summed E-state index contributed by atoms with van der Waals surface area (Å²) in [5.74, 6) is -2.72. The molecule has 0 saturated carbocycles. The highest BCUT2D eigenvalue weighted by molar-refractivity contribution is 5.86. The second-order valence-electron chi connectivity index (χ2n) is 3.63. The minimum absolute atomic E-state index is 0.136. The Bertz CT molecular complexity index is 692. The third-order valence-electron chi connectivity index (χ3n) is 2.28. The van der Waals surface area contributed by atoms with E-state index >= 15 is 0 Å². The lowest BCUT2D eigenvalue weighted by Crippen LogP contribution is -2.15. The number of hydrogen-bond acceptors (Lipinski definition) is 5. The number of aliphatic carboxylic acids is 1. The molecule has 0 aliphatic rings. The van der Waals surface area contributed by atoms with Gasteiger partial charge in [-0.25, -0.2) is 9.78 Å². The Morgan fingerprint density at radius 3 is 2.70 bits per heavy atom. The lowest BCUT2D eigenvalue weighted by molar-refractivity contribution is -0.144. The summed E-state index contributed by atoms with van der Waals surface area (Å²) in [6, 6.07) is 0. The number of alkyl halides is 3. The Hall–Kier alpha value is -2.65. The predicted molar refractivity (Wildman–Crippen MR) is 62.0 cm³/mol. The van der Waals surface area contributed by atoms with E-state index in [9.17, 15) is 18.0 Å². The van der Waals surface area contributed by atoms with Gasteiger partial charge in [-0.1, -0.05) is 0 Å². The first kappa shape index (κ1) is 13.8. The van der Waals surface area contributed by atoms with E-state index in [1.165, 1.54) is 13.2 Å². The number of carboxylic acids is 1. The average Bonchev–Trinajstić information content (AvgIpc) is 2.77. The fourth-order valence-electron chi connectivity index (χ4n) is 1.46. The van der Waals surface area contributed by atoms with Crippen LogP contribution in [0.1, 0.15) is 11.4 Å². The zero-order chi connectivity index (χ0) is 14.9. The van der Waals surface area contributed by atoms with E-state index in [0.717, 1.165) is 16.7 Å². The molecule has 2 heterocycles. The number of halogens is 3. The van der Waals surface area contributed by atoms with E-state index in [-0.39, 0.29) is 17.2 Å². The third-order valence-corrected chi connectivity index (χ3v) is 2.28. The number of nitrogens with one attached hydrogen (secondary N) is 1. The van der Waals surface area contributed by atoms with Crippen molar-refractivity contribution in [2.75, 3.05) is 12.4 Å². The maximum absolute atomic E-state index is 12.7. The molecule has 0 aliphatic carbocycles. The van der Waals surface area contributed by atoms with Crippen LogP contribution in [0.15, 0.2) is 12.3 Å². The van der Waals surface area contributed by atoms with E-state index in [1.807, 2.05) is 0 Å². The first-order valence-electron chi connectivity index (χ1n) is 5.24. The number of fused-ring (bicyclic) bond motifs is 1. The van der Waals surface area contributed by atoms with Crippen molar-refractivity contribution in [3.8, 4) is 0 Å². The molecule has 2 aromatic heterocycles. The molecule has 0 spiro atoms. The third kappa shape index (κ3) is 2.53. The smallest absolute Gasteiger partial charge is 0.451 e. The fraction of sp³-hybridized carbons (Fsp3) is 0.200. The van der Waals surface area contributed by atoms with Crippen LogP contribution in [0.25, 0.3) is 11.7 Å². The van der Waals surface area contributed by atoms with Crippen LogP contribution in [0.2, 0.25) is 0 Å². The topological polar surface area (TPSA) is 92.4 Å². The van der Waals surface area contributed by atoms with Crippen molar-refractivity contribution < 1.29 is 23.1 Å². The highest BCUT2D eigenvalue weighted by Gasteiger charge is 2.36. The van der Waals surface area contributed by atoms with Crippen molar-refractivity contribution in [3.63, 3.8) is 0 Å². The number of rotatable bonds is 3. The molecule has 106 valence electrons. The van der Waals surface area contributed by atoms with Gasteiger partial charge in [0.25, 0.3) is 0 Å². The fourth-order valence-corrected chi connectivity index (χ4v) is 1.46. The molecule has 2 rings (SSSR count). The van der Waals surface area contributed by atoms with Gasteiger partial charge in [-0.3, -0.25) is 0 Å². The Balaban J connectivity index is 2.66. The van der Waals surface area contributed by atoms with E-state index in [2.05, 4.69) is 20.4 Å². The van der Waals surface area contributed by atoms with E-state index < -0.39 is 18.0 Å². The van der Waals surface area contributed by atoms with Crippen LogP contribution in [0.5, 0.6) is 0 Å². The second kappa shape index (κ2) is 4.79. The van der Waals surface area contributed by atoms with Gasteiger partial charge in [0.2, 0.25) is 11.8 Å². The van der Waals surface area contributed by atoms with Crippen LogP contribution in [0, 0.1) is 0 Å². The van der Waals surface area contributed by atoms with Crippen LogP contribution in [0.3, 0.4) is 0 Å². The SMILES string of the molecule is CNc1nc(C(F)(F)F)nc2c(C=CC(=O)O)cnn12. The number of hydrogen-bond donors (Lipinski definition) is 2. The van der Waals surface area contributed by atoms with Crippen molar-refractivity contribution >= 4 is 23.6 Å². The van der Waals surface area contributed by atoms with Gasteiger partial charge in [0.05, 0.1) is 6.20 Å². The van der Waals surface area contributed by atoms with Crippen LogP contribution < -0.4 is 5.32 Å². The largest absolute Gasteiger partial charge is 0.478 e. The number of carbonyl (C=O) groups is 1. The molecule has 2 aromatic rings. The molecule has 0 fully saturated rings. The summed E-state index contributed by atoms with van der Waals surface area (Å²) < 4.78 is 39.1. The summed E-state index contributed by atoms with van der Waals surface area (Å²) in [6.07, 6.45) is -1.63. The van der Waals surface area contributed by atoms with E-state index in [1.54, 1.807) is 0 Å². The minimum atomic E-state index is -4.72. The predicted octanol–water partition coefficient (Wildman–Crippen LogP) is 1.28. The van der Waals surface area contributed by atoms with Crippen LogP contribution in [-0.4, -0.2) is 37.7 Å². The second-order valence-corrected chi connectivity index (χ2v) is 3.63. The van der Waals surface area contributed by atoms with Gasteiger partial charge in [0.15, 0.2) is 5.65 Å². The number of carboxylic acid groups (broad SMARTS) is 1. The molecule has 0 amide bonds. The molecule has 0 bridgehead atoms. The molecule has 0 aliphatic heterocycles. The Morgan fingerprint density at radius 1 is 1.45 bits per heavy atom. The highest BCUT2D eigenvalue weighted by Crippen LogP contribution is 2.28. The lowest BCUT2D eigenvalue weighted by atomic mass is 10.3. The van der Waals surface area contributed by atoms with Crippen LogP contribution in [0.4, 0.5) is 19.1 Å². The lowest BCUT2D eigenvalue weighted by Gasteiger charge is -2.08. The van der Waals surface area contributed by atoms with Gasteiger partial charge >= 0.3 is 12.1 Å². The Kier molecular flexibility index (Phi) is 3.30. The zero-order valence-electron chi connectivity index (χ0n) is 10.0. The number of anilines is 1. The molecule has 0 atom stereocenters. The number of aromatic nitrogens is 4. The highest BCUT2D eigenvalue weighted by atomic mass is 19.4. The molecule has 0 saturated heterocycles. The summed E-state index contributed by atoms with van der Waals surface area (Å²) in [4.78, 5) is 17.1. The Labute approximate surface area is 109 Å². The summed E-state index contributed by atoms with van der Waals surface area (Å²) >= 11 is 0. The van der Waals surface area contributed by atoms with Crippen molar-refractivity contribution in [2.24, 2.45) is 0 Å². The normalized spacial score (nSPS) is 12.2. The molecule has 7 nitrogen and oxygen atoms in total. The van der Waals surface area contributed by atoms with Gasteiger partial charge in [0.1, 0.15) is 0 Å². The van der Waals surface area contributed by atoms with E-state index in [4.69, 9.17) is 5.11 Å². The van der Waals surface area contributed by atoms with Crippen LogP contribution >= 0.6 is 0 Å². The minimum Gasteiger partial charge on any atom is -0.478 e.